The van der Waals surface area contributed by atoms with Gasteiger partial charge >= 0.3 is 6.36 Å². The lowest BCUT2D eigenvalue weighted by atomic mass is 10.0. The lowest BCUT2D eigenvalue weighted by Crippen LogP contribution is -2.21. The van der Waals surface area contributed by atoms with Gasteiger partial charge < -0.3 is 4.74 Å². The Bertz CT molecular complexity index is 663. The van der Waals surface area contributed by atoms with Gasteiger partial charge in [-0.05, 0) is 12.1 Å². The molecule has 2 aromatic rings. The van der Waals surface area contributed by atoms with Crippen molar-refractivity contribution < 1.29 is 27.5 Å². The number of halogens is 3. The van der Waals surface area contributed by atoms with Crippen LogP contribution in [0.4, 0.5) is 13.2 Å². The van der Waals surface area contributed by atoms with Crippen LogP contribution in [0.1, 0.15) is 20.7 Å². The predicted molar refractivity (Wildman–Crippen MR) is 68.2 cm³/mol. The molecule has 6 heteroatoms. The Hall–Kier alpha value is -2.63. The van der Waals surface area contributed by atoms with Gasteiger partial charge in [0.15, 0.2) is 0 Å². The van der Waals surface area contributed by atoms with Crippen molar-refractivity contribution in [3.63, 3.8) is 0 Å². The van der Waals surface area contributed by atoms with Crippen LogP contribution in [0.5, 0.6) is 5.75 Å². The molecule has 0 aliphatic heterocycles. The molecule has 0 saturated carbocycles. The van der Waals surface area contributed by atoms with Crippen molar-refractivity contribution in [2.24, 2.45) is 0 Å². The molecule has 0 aromatic heterocycles. The highest BCUT2D eigenvalue weighted by molar-refractivity contribution is 6.49. The Morgan fingerprint density at radius 1 is 0.810 bits per heavy atom. The van der Waals surface area contributed by atoms with Crippen LogP contribution in [0.15, 0.2) is 54.6 Å². The van der Waals surface area contributed by atoms with Crippen molar-refractivity contribution in [3.8, 4) is 5.75 Å². The second-order valence-electron chi connectivity index (χ2n) is 4.07. The summed E-state index contributed by atoms with van der Waals surface area (Å²) in [6.07, 6.45) is -4.94. The average Bonchev–Trinajstić information content (AvgIpc) is 2.45. The van der Waals surface area contributed by atoms with Gasteiger partial charge in [0, 0.05) is 5.56 Å². The second kappa shape index (κ2) is 5.78. The van der Waals surface area contributed by atoms with Gasteiger partial charge in [-0.3, -0.25) is 9.59 Å². The van der Waals surface area contributed by atoms with E-state index >= 15 is 0 Å². The van der Waals surface area contributed by atoms with E-state index in [-0.39, 0.29) is 5.56 Å². The first-order valence-electron chi connectivity index (χ1n) is 5.87. The van der Waals surface area contributed by atoms with E-state index in [9.17, 15) is 22.8 Å². The monoisotopic (exact) mass is 294 g/mol. The summed E-state index contributed by atoms with van der Waals surface area (Å²) in [5, 5.41) is 0. The number of ether oxygens (including phenoxy) is 1. The number of alkyl halides is 3. The van der Waals surface area contributed by atoms with E-state index < -0.39 is 29.2 Å². The topological polar surface area (TPSA) is 43.4 Å². The first-order chi connectivity index (χ1) is 9.88. The van der Waals surface area contributed by atoms with E-state index in [0.717, 1.165) is 12.1 Å². The molecule has 0 aliphatic carbocycles. The van der Waals surface area contributed by atoms with Crippen LogP contribution in [0.3, 0.4) is 0 Å². The van der Waals surface area contributed by atoms with Gasteiger partial charge in [-0.25, -0.2) is 0 Å². The number of para-hydroxylation sites is 1. The number of benzene rings is 2. The molecule has 2 aromatic carbocycles. The molecular formula is C15H9F3O3. The lowest BCUT2D eigenvalue weighted by Gasteiger charge is -2.12. The van der Waals surface area contributed by atoms with Crippen LogP contribution in [-0.4, -0.2) is 17.9 Å². The molecule has 0 N–H and O–H groups in total. The van der Waals surface area contributed by atoms with Crippen LogP contribution in [-0.2, 0) is 0 Å². The highest BCUT2D eigenvalue weighted by atomic mass is 19.4. The SMILES string of the molecule is O=C(C(=O)c1ccccc1OC(F)(F)F)c1ccccc1. The molecule has 0 fully saturated rings. The summed E-state index contributed by atoms with van der Waals surface area (Å²) in [4.78, 5) is 24.0. The van der Waals surface area contributed by atoms with Gasteiger partial charge in [-0.1, -0.05) is 42.5 Å². The van der Waals surface area contributed by atoms with Gasteiger partial charge in [-0.15, -0.1) is 13.2 Å². The molecule has 0 spiro atoms. The van der Waals surface area contributed by atoms with Gasteiger partial charge in [0.05, 0.1) is 5.56 Å². The number of hydrogen-bond acceptors (Lipinski definition) is 3. The molecule has 0 bridgehead atoms. The third kappa shape index (κ3) is 3.68. The molecule has 0 heterocycles. The highest BCUT2D eigenvalue weighted by Gasteiger charge is 2.33. The minimum absolute atomic E-state index is 0.101. The van der Waals surface area contributed by atoms with Gasteiger partial charge in [0.1, 0.15) is 5.75 Å². The maximum atomic E-state index is 12.3. The Labute approximate surface area is 118 Å². The van der Waals surface area contributed by atoms with Crippen LogP contribution < -0.4 is 4.74 Å². The molecule has 0 amide bonds. The van der Waals surface area contributed by atoms with Crippen molar-refractivity contribution in [1.29, 1.82) is 0 Å². The molecule has 0 saturated heterocycles. The molecule has 108 valence electrons. The normalized spacial score (nSPS) is 11.0. The molecule has 0 unspecified atom stereocenters. The van der Waals surface area contributed by atoms with E-state index in [2.05, 4.69) is 4.74 Å². The fraction of sp³-hybridized carbons (Fsp3) is 0.0667. The van der Waals surface area contributed by atoms with Crippen LogP contribution >= 0.6 is 0 Å². The van der Waals surface area contributed by atoms with Crippen molar-refractivity contribution in [2.75, 3.05) is 0 Å². The number of carbonyl (C=O) groups excluding carboxylic acids is 2. The Balaban J connectivity index is 2.34. The predicted octanol–water partition coefficient (Wildman–Crippen LogP) is 3.65. The molecular weight excluding hydrogens is 285 g/mol. The largest absolute Gasteiger partial charge is 0.573 e. The maximum absolute atomic E-state index is 12.3. The van der Waals surface area contributed by atoms with Gasteiger partial charge in [0.2, 0.25) is 11.6 Å². The lowest BCUT2D eigenvalue weighted by molar-refractivity contribution is -0.274. The smallest absolute Gasteiger partial charge is 0.405 e. The van der Waals surface area contributed by atoms with Crippen LogP contribution in [0.2, 0.25) is 0 Å². The molecule has 0 atom stereocenters. The third-order valence-corrected chi connectivity index (χ3v) is 2.60. The number of hydrogen-bond donors (Lipinski definition) is 0. The van der Waals surface area contributed by atoms with Crippen molar-refractivity contribution in [2.45, 2.75) is 6.36 Å². The Morgan fingerprint density at radius 3 is 2.00 bits per heavy atom. The standard InChI is InChI=1S/C15H9F3O3/c16-15(17,18)21-12-9-5-4-8-11(12)14(20)13(19)10-6-2-1-3-7-10/h1-9H. The quantitative estimate of drug-likeness (QED) is 0.638. The summed E-state index contributed by atoms with van der Waals surface area (Å²) < 4.78 is 40.6. The van der Waals surface area contributed by atoms with E-state index in [1.807, 2.05) is 0 Å². The van der Waals surface area contributed by atoms with Gasteiger partial charge in [0.25, 0.3) is 0 Å². The van der Waals surface area contributed by atoms with Crippen molar-refractivity contribution in [1.82, 2.24) is 0 Å². The first-order valence-corrected chi connectivity index (χ1v) is 5.87. The van der Waals surface area contributed by atoms with Crippen LogP contribution in [0.25, 0.3) is 0 Å². The summed E-state index contributed by atoms with van der Waals surface area (Å²) in [5.41, 5.74) is -0.326. The summed E-state index contributed by atoms with van der Waals surface area (Å²) in [6, 6.07) is 12.3. The van der Waals surface area contributed by atoms with Gasteiger partial charge in [-0.2, -0.15) is 0 Å². The summed E-state index contributed by atoms with van der Waals surface area (Å²) in [7, 11) is 0. The zero-order valence-corrected chi connectivity index (χ0v) is 10.6. The van der Waals surface area contributed by atoms with Crippen molar-refractivity contribution in [3.05, 3.63) is 65.7 Å². The summed E-state index contributed by atoms with van der Waals surface area (Å²) >= 11 is 0. The van der Waals surface area contributed by atoms with Crippen molar-refractivity contribution >= 4 is 11.6 Å². The maximum Gasteiger partial charge on any atom is 0.573 e. The summed E-state index contributed by atoms with van der Waals surface area (Å²) in [5.74, 6) is -2.64. The summed E-state index contributed by atoms with van der Waals surface area (Å²) in [6.45, 7) is 0. The molecule has 2 rings (SSSR count). The fourth-order valence-corrected chi connectivity index (χ4v) is 1.71. The third-order valence-electron chi connectivity index (χ3n) is 2.60. The van der Waals surface area contributed by atoms with E-state index in [1.54, 1.807) is 18.2 Å². The number of carbonyl (C=O) groups is 2. The van der Waals surface area contributed by atoms with Crippen LogP contribution in [0, 0.1) is 0 Å². The highest BCUT2D eigenvalue weighted by Crippen LogP contribution is 2.27. The Morgan fingerprint density at radius 2 is 1.38 bits per heavy atom. The number of ketones is 2. The minimum Gasteiger partial charge on any atom is -0.405 e. The molecule has 3 nitrogen and oxygen atoms in total. The average molecular weight is 294 g/mol. The minimum atomic E-state index is -4.94. The fourth-order valence-electron chi connectivity index (χ4n) is 1.71. The molecule has 0 aliphatic rings. The first kappa shape index (κ1) is 14.8. The zero-order chi connectivity index (χ0) is 15.5. The number of rotatable bonds is 4. The molecule has 21 heavy (non-hydrogen) atoms. The Kier molecular flexibility index (Phi) is 4.07. The second-order valence-corrected chi connectivity index (χ2v) is 4.07. The zero-order valence-electron chi connectivity index (χ0n) is 10.6. The van der Waals surface area contributed by atoms with E-state index in [1.165, 1.54) is 24.3 Å². The van der Waals surface area contributed by atoms with E-state index in [4.69, 9.17) is 0 Å². The molecule has 0 radical (unpaired) electrons. The van der Waals surface area contributed by atoms with E-state index in [0.29, 0.717) is 0 Å². The number of Topliss-reactive ketones (excluding diaryl/α,β-unsaturated/α-hetero) is 2.